The van der Waals surface area contributed by atoms with Gasteiger partial charge < -0.3 is 0 Å². The summed E-state index contributed by atoms with van der Waals surface area (Å²) in [5.41, 5.74) is 1.70. The predicted molar refractivity (Wildman–Crippen MR) is 121 cm³/mol. The Morgan fingerprint density at radius 1 is 0.903 bits per heavy atom. The van der Waals surface area contributed by atoms with Gasteiger partial charge in [0.1, 0.15) is 0 Å². The van der Waals surface area contributed by atoms with Crippen LogP contribution in [0.25, 0.3) is 10.9 Å². The summed E-state index contributed by atoms with van der Waals surface area (Å²) in [6, 6.07) is 14.6. The van der Waals surface area contributed by atoms with Crippen molar-refractivity contribution in [3.8, 4) is 0 Å². The van der Waals surface area contributed by atoms with E-state index in [1.165, 1.54) is 16.7 Å². The minimum Gasteiger partial charge on any atom is -0.284 e. The number of benzene rings is 2. The van der Waals surface area contributed by atoms with Crippen LogP contribution in [0.15, 0.2) is 58.5 Å². The van der Waals surface area contributed by atoms with E-state index in [1.54, 1.807) is 24.3 Å². The van der Waals surface area contributed by atoms with Crippen molar-refractivity contribution in [1.29, 1.82) is 0 Å². The topological polar surface area (TPSA) is 72.3 Å². The van der Waals surface area contributed by atoms with Crippen LogP contribution in [0.5, 0.6) is 0 Å². The zero-order valence-electron chi connectivity index (χ0n) is 17.1. The van der Waals surface area contributed by atoms with Gasteiger partial charge in [-0.05, 0) is 43.5 Å². The summed E-state index contributed by atoms with van der Waals surface area (Å²) < 4.78 is 1.88. The molecule has 0 bridgehead atoms. The highest BCUT2D eigenvalue weighted by molar-refractivity contribution is 7.99. The second-order valence-electron chi connectivity index (χ2n) is 8.03. The van der Waals surface area contributed by atoms with Crippen LogP contribution in [0.2, 0.25) is 0 Å². The van der Waals surface area contributed by atoms with Gasteiger partial charge in [0.25, 0.3) is 17.4 Å². The summed E-state index contributed by atoms with van der Waals surface area (Å²) >= 11 is 1.54. The van der Waals surface area contributed by atoms with Crippen molar-refractivity contribution in [3.63, 3.8) is 0 Å². The van der Waals surface area contributed by atoms with E-state index in [2.05, 4.69) is 0 Å². The number of imide groups is 1. The highest BCUT2D eigenvalue weighted by atomic mass is 32.2. The molecule has 0 spiro atoms. The van der Waals surface area contributed by atoms with Gasteiger partial charge in [-0.1, -0.05) is 48.9 Å². The van der Waals surface area contributed by atoms with Gasteiger partial charge in [0.05, 0.1) is 22.0 Å². The Labute approximate surface area is 184 Å². The Hall–Kier alpha value is -2.93. The molecule has 2 aromatic carbocycles. The van der Waals surface area contributed by atoms with Gasteiger partial charge in [0.2, 0.25) is 0 Å². The first-order valence-corrected chi connectivity index (χ1v) is 11.7. The van der Waals surface area contributed by atoms with Crippen molar-refractivity contribution in [2.45, 2.75) is 43.3 Å². The van der Waals surface area contributed by atoms with E-state index in [0.29, 0.717) is 40.7 Å². The third-order valence-electron chi connectivity index (χ3n) is 6.10. The molecule has 0 radical (unpaired) electrons. The molecule has 1 aliphatic carbocycles. The van der Waals surface area contributed by atoms with Crippen molar-refractivity contribution < 1.29 is 9.59 Å². The number of hydrogen-bond donors (Lipinski definition) is 0. The van der Waals surface area contributed by atoms with Crippen molar-refractivity contribution in [1.82, 2.24) is 14.5 Å². The molecule has 31 heavy (non-hydrogen) atoms. The highest BCUT2D eigenvalue weighted by Crippen LogP contribution is 2.32. The number of hydrogen-bond acceptors (Lipinski definition) is 5. The third-order valence-corrected chi connectivity index (χ3v) is 7.14. The molecule has 2 heterocycles. The maximum Gasteiger partial charge on any atom is 0.262 e. The fraction of sp³-hybridized carbons (Fsp3) is 0.333. The summed E-state index contributed by atoms with van der Waals surface area (Å²) in [5.74, 6) is 0.222. The van der Waals surface area contributed by atoms with E-state index in [4.69, 9.17) is 4.98 Å². The highest BCUT2D eigenvalue weighted by Gasteiger charge is 2.34. The lowest BCUT2D eigenvalue weighted by atomic mass is 10.1. The van der Waals surface area contributed by atoms with Crippen LogP contribution in [0.3, 0.4) is 0 Å². The molecule has 1 fully saturated rings. The van der Waals surface area contributed by atoms with E-state index < -0.39 is 0 Å². The summed E-state index contributed by atoms with van der Waals surface area (Å²) in [7, 11) is 0. The molecule has 6 nitrogen and oxygen atoms in total. The largest absolute Gasteiger partial charge is 0.284 e. The maximum atomic E-state index is 13.2. The zero-order chi connectivity index (χ0) is 21.4. The molecule has 0 saturated heterocycles. The maximum absolute atomic E-state index is 13.2. The number of thioether (sulfide) groups is 1. The summed E-state index contributed by atoms with van der Waals surface area (Å²) in [5, 5.41) is 1.39. The predicted octanol–water partition coefficient (Wildman–Crippen LogP) is 4.29. The van der Waals surface area contributed by atoms with Crippen LogP contribution in [-0.2, 0) is 0 Å². The molecule has 0 unspecified atom stereocenters. The van der Waals surface area contributed by atoms with Crippen LogP contribution >= 0.6 is 11.8 Å². The van der Waals surface area contributed by atoms with Crippen molar-refractivity contribution in [3.05, 3.63) is 70.0 Å². The Bertz CT molecular complexity index is 1200. The van der Waals surface area contributed by atoms with Crippen molar-refractivity contribution in [2.24, 2.45) is 0 Å². The minimum absolute atomic E-state index is 0.0281. The second-order valence-corrected chi connectivity index (χ2v) is 9.10. The Kier molecular flexibility index (Phi) is 5.36. The quantitative estimate of drug-likeness (QED) is 0.251. The molecule has 2 aliphatic rings. The number of para-hydroxylation sites is 1. The second kappa shape index (κ2) is 8.30. The van der Waals surface area contributed by atoms with Crippen LogP contribution in [0.4, 0.5) is 0 Å². The number of nitrogens with zero attached hydrogens (tertiary/aromatic N) is 3. The van der Waals surface area contributed by atoms with Gasteiger partial charge in [-0.3, -0.25) is 23.9 Å². The number of carbonyl (C=O) groups is 2. The Balaban J connectivity index is 1.32. The molecule has 1 aromatic heterocycles. The van der Waals surface area contributed by atoms with Gasteiger partial charge in [-0.2, -0.15) is 0 Å². The van der Waals surface area contributed by atoms with Gasteiger partial charge in [0.15, 0.2) is 5.16 Å². The fourth-order valence-electron chi connectivity index (χ4n) is 4.54. The Morgan fingerprint density at radius 2 is 1.55 bits per heavy atom. The van der Waals surface area contributed by atoms with Crippen LogP contribution in [-0.4, -0.2) is 38.6 Å². The first-order valence-electron chi connectivity index (χ1n) is 10.7. The van der Waals surface area contributed by atoms with Crippen LogP contribution < -0.4 is 5.56 Å². The first-order chi connectivity index (χ1) is 15.1. The Morgan fingerprint density at radius 3 is 2.26 bits per heavy atom. The van der Waals surface area contributed by atoms with E-state index in [1.807, 2.05) is 28.8 Å². The third kappa shape index (κ3) is 3.57. The molecule has 7 heteroatoms. The molecule has 0 atom stereocenters. The molecular formula is C24H23N3O3S. The van der Waals surface area contributed by atoms with Gasteiger partial charge in [0, 0.05) is 18.3 Å². The number of fused-ring (bicyclic) bond motifs is 2. The van der Waals surface area contributed by atoms with Crippen molar-refractivity contribution >= 4 is 34.5 Å². The number of carbonyl (C=O) groups excluding carboxylic acids is 2. The van der Waals surface area contributed by atoms with E-state index in [0.717, 1.165) is 30.8 Å². The fourth-order valence-corrected chi connectivity index (χ4v) is 5.53. The molecule has 158 valence electrons. The average Bonchev–Trinajstić information content (AvgIpc) is 3.40. The number of rotatable bonds is 6. The lowest BCUT2D eigenvalue weighted by Crippen LogP contribution is -2.31. The molecular weight excluding hydrogens is 410 g/mol. The van der Waals surface area contributed by atoms with Gasteiger partial charge in [-0.15, -0.1) is 0 Å². The summed E-state index contributed by atoms with van der Waals surface area (Å²) in [6.07, 6.45) is 4.91. The molecule has 1 aliphatic heterocycles. The molecule has 3 aromatic rings. The lowest BCUT2D eigenvalue weighted by molar-refractivity contribution is 0.0655. The smallest absolute Gasteiger partial charge is 0.262 e. The van der Waals surface area contributed by atoms with Gasteiger partial charge in [-0.25, -0.2) is 4.98 Å². The summed E-state index contributed by atoms with van der Waals surface area (Å²) in [6.45, 7) is 0.362. The monoisotopic (exact) mass is 433 g/mol. The summed E-state index contributed by atoms with van der Waals surface area (Å²) in [4.78, 5) is 44.4. The minimum atomic E-state index is -0.225. The zero-order valence-corrected chi connectivity index (χ0v) is 17.9. The van der Waals surface area contributed by atoms with Gasteiger partial charge >= 0.3 is 0 Å². The molecule has 1 saturated carbocycles. The molecule has 2 amide bonds. The lowest BCUT2D eigenvalue weighted by Gasteiger charge is -2.19. The van der Waals surface area contributed by atoms with E-state index in [9.17, 15) is 14.4 Å². The molecule has 5 rings (SSSR count). The average molecular weight is 434 g/mol. The SMILES string of the molecule is O=C1c2ccccc2C(=O)N1CCCSc1nc2ccccc2c(=O)n1C1CCCC1. The van der Waals surface area contributed by atoms with Crippen LogP contribution in [0.1, 0.15) is 58.9 Å². The van der Waals surface area contributed by atoms with E-state index >= 15 is 0 Å². The molecule has 0 N–H and O–H groups in total. The number of amides is 2. The standard InChI is InChI=1S/C24H23N3O3S/c28-21-17-10-3-4-11-18(17)22(29)26(21)14-7-15-31-24-25-20-13-6-5-12-19(20)23(30)27(24)16-8-1-2-9-16/h3-6,10-13,16H,1-2,7-9,14-15H2. The van der Waals surface area contributed by atoms with Crippen LogP contribution in [0, 0.1) is 0 Å². The first kappa shape index (κ1) is 20.0. The normalized spacial score (nSPS) is 16.5. The van der Waals surface area contributed by atoms with Crippen molar-refractivity contribution in [2.75, 3.05) is 12.3 Å². The van der Waals surface area contributed by atoms with E-state index in [-0.39, 0.29) is 23.4 Å². The number of aromatic nitrogens is 2.